The lowest BCUT2D eigenvalue weighted by Crippen LogP contribution is -2.00. The summed E-state index contributed by atoms with van der Waals surface area (Å²) in [6.07, 6.45) is 8.90. The standard InChI is InChI=1S/C31H25N/c1-4-10-22(11-5-1)20-25-16-18-27-29(24-14-8-3-9-15-24)28-19-17-26(31(28)32-30(25)27)21-23-12-6-2-7-13-23/h1-15,20-21H,16-19H2/b25-20+,26-21+. The summed E-state index contributed by atoms with van der Waals surface area (Å²) < 4.78 is 0. The summed E-state index contributed by atoms with van der Waals surface area (Å²) in [5.41, 5.74) is 13.2. The molecule has 0 saturated heterocycles. The normalized spacial score (nSPS) is 17.0. The van der Waals surface area contributed by atoms with Crippen LogP contribution in [0, 0.1) is 0 Å². The topological polar surface area (TPSA) is 12.9 Å². The van der Waals surface area contributed by atoms with Crippen LogP contribution in [-0.4, -0.2) is 4.98 Å². The third kappa shape index (κ3) is 3.40. The van der Waals surface area contributed by atoms with Crippen LogP contribution in [0.2, 0.25) is 0 Å². The Morgan fingerprint density at radius 3 is 1.41 bits per heavy atom. The van der Waals surface area contributed by atoms with Crippen molar-refractivity contribution in [2.75, 3.05) is 0 Å². The molecule has 1 nitrogen and oxygen atoms in total. The predicted octanol–water partition coefficient (Wildman–Crippen LogP) is 7.72. The van der Waals surface area contributed by atoms with Gasteiger partial charge in [-0.1, -0.05) is 91.0 Å². The highest BCUT2D eigenvalue weighted by atomic mass is 14.8. The molecule has 3 aromatic carbocycles. The number of fused-ring (bicyclic) bond motifs is 2. The van der Waals surface area contributed by atoms with E-state index in [1.54, 1.807) is 0 Å². The van der Waals surface area contributed by atoms with E-state index < -0.39 is 0 Å². The molecule has 0 amide bonds. The highest BCUT2D eigenvalue weighted by Crippen LogP contribution is 2.46. The van der Waals surface area contributed by atoms with Gasteiger partial charge in [0.15, 0.2) is 0 Å². The maximum absolute atomic E-state index is 5.34. The highest BCUT2D eigenvalue weighted by molar-refractivity contribution is 5.93. The molecule has 0 spiro atoms. The van der Waals surface area contributed by atoms with Gasteiger partial charge in [-0.05, 0) is 82.4 Å². The van der Waals surface area contributed by atoms with Crippen LogP contribution < -0.4 is 0 Å². The van der Waals surface area contributed by atoms with E-state index in [-0.39, 0.29) is 0 Å². The van der Waals surface area contributed by atoms with E-state index in [1.807, 2.05) is 0 Å². The number of nitrogens with zero attached hydrogens (tertiary/aromatic N) is 1. The van der Waals surface area contributed by atoms with Gasteiger partial charge in [-0.25, -0.2) is 4.98 Å². The first-order valence-electron chi connectivity index (χ1n) is 11.5. The molecule has 1 aromatic heterocycles. The van der Waals surface area contributed by atoms with Crippen molar-refractivity contribution in [3.63, 3.8) is 0 Å². The molecule has 0 saturated carbocycles. The van der Waals surface area contributed by atoms with Crippen LogP contribution in [0.15, 0.2) is 91.0 Å². The fourth-order valence-corrected chi connectivity index (χ4v) is 5.18. The van der Waals surface area contributed by atoms with E-state index in [2.05, 4.69) is 103 Å². The molecule has 0 unspecified atom stereocenters. The molecule has 0 radical (unpaired) electrons. The molecule has 2 aliphatic carbocycles. The van der Waals surface area contributed by atoms with Crippen LogP contribution >= 0.6 is 0 Å². The lowest BCUT2D eigenvalue weighted by atomic mass is 9.93. The van der Waals surface area contributed by atoms with Gasteiger partial charge in [0.2, 0.25) is 0 Å². The molecule has 32 heavy (non-hydrogen) atoms. The Balaban J connectivity index is 1.56. The van der Waals surface area contributed by atoms with Crippen molar-refractivity contribution >= 4 is 23.3 Å². The Morgan fingerprint density at radius 2 is 0.938 bits per heavy atom. The molecule has 0 aliphatic heterocycles. The molecule has 154 valence electrons. The summed E-state index contributed by atoms with van der Waals surface area (Å²) in [4.78, 5) is 5.34. The van der Waals surface area contributed by atoms with Crippen molar-refractivity contribution in [1.82, 2.24) is 4.98 Å². The summed E-state index contributed by atoms with van der Waals surface area (Å²) in [7, 11) is 0. The minimum atomic E-state index is 1.05. The van der Waals surface area contributed by atoms with Crippen molar-refractivity contribution in [3.05, 3.63) is 125 Å². The minimum Gasteiger partial charge on any atom is -0.248 e. The van der Waals surface area contributed by atoms with Crippen molar-refractivity contribution < 1.29 is 0 Å². The van der Waals surface area contributed by atoms with E-state index in [1.165, 1.54) is 55.9 Å². The van der Waals surface area contributed by atoms with Gasteiger partial charge in [0.25, 0.3) is 0 Å². The largest absolute Gasteiger partial charge is 0.248 e. The third-order valence-corrected chi connectivity index (χ3v) is 6.64. The number of rotatable bonds is 3. The molecule has 1 heterocycles. The monoisotopic (exact) mass is 411 g/mol. The van der Waals surface area contributed by atoms with Gasteiger partial charge in [0.1, 0.15) is 0 Å². The Morgan fingerprint density at radius 1 is 0.500 bits per heavy atom. The van der Waals surface area contributed by atoms with E-state index in [0.29, 0.717) is 0 Å². The summed E-state index contributed by atoms with van der Waals surface area (Å²) >= 11 is 0. The molecule has 0 N–H and O–H groups in total. The second kappa shape index (κ2) is 8.09. The molecular weight excluding hydrogens is 386 g/mol. The Hall–Kier alpha value is -3.71. The summed E-state index contributed by atoms with van der Waals surface area (Å²) in [5.74, 6) is 0. The van der Waals surface area contributed by atoms with Crippen molar-refractivity contribution in [2.45, 2.75) is 25.7 Å². The number of hydrogen-bond donors (Lipinski definition) is 0. The fourth-order valence-electron chi connectivity index (χ4n) is 5.18. The van der Waals surface area contributed by atoms with E-state index in [0.717, 1.165) is 25.7 Å². The molecule has 4 aromatic rings. The van der Waals surface area contributed by atoms with Crippen LogP contribution in [0.4, 0.5) is 0 Å². The average molecular weight is 412 g/mol. The number of allylic oxidation sites excluding steroid dienone is 2. The first-order chi connectivity index (χ1) is 15.9. The third-order valence-electron chi connectivity index (χ3n) is 6.64. The zero-order chi connectivity index (χ0) is 21.3. The number of benzene rings is 3. The first-order valence-corrected chi connectivity index (χ1v) is 11.5. The summed E-state index contributed by atoms with van der Waals surface area (Å²) in [6.45, 7) is 0. The zero-order valence-electron chi connectivity index (χ0n) is 18.1. The molecule has 0 fully saturated rings. The zero-order valence-corrected chi connectivity index (χ0v) is 18.1. The number of pyridine rings is 1. The highest BCUT2D eigenvalue weighted by Gasteiger charge is 2.30. The maximum Gasteiger partial charge on any atom is 0.0707 e. The van der Waals surface area contributed by atoms with Gasteiger partial charge in [-0.3, -0.25) is 0 Å². The van der Waals surface area contributed by atoms with Gasteiger partial charge in [0.05, 0.1) is 11.4 Å². The first kappa shape index (κ1) is 19.0. The van der Waals surface area contributed by atoms with E-state index in [4.69, 9.17) is 4.98 Å². The van der Waals surface area contributed by atoms with Crippen molar-refractivity contribution in [2.24, 2.45) is 0 Å². The fraction of sp³-hybridized carbons (Fsp3) is 0.129. The molecule has 0 atom stereocenters. The van der Waals surface area contributed by atoms with Crippen molar-refractivity contribution in [3.8, 4) is 11.1 Å². The second-order valence-electron chi connectivity index (χ2n) is 8.67. The minimum absolute atomic E-state index is 1.05. The maximum atomic E-state index is 5.34. The molecule has 6 rings (SSSR count). The van der Waals surface area contributed by atoms with Gasteiger partial charge < -0.3 is 0 Å². The van der Waals surface area contributed by atoms with E-state index >= 15 is 0 Å². The molecule has 1 heteroatoms. The molecule has 0 bridgehead atoms. The van der Waals surface area contributed by atoms with Crippen LogP contribution in [-0.2, 0) is 12.8 Å². The SMILES string of the molecule is C(=C1/CCc2c1nc1c(c2-c2ccccc2)CC/C1=C\c1ccccc1)/c1ccccc1. The lowest BCUT2D eigenvalue weighted by molar-refractivity contribution is 1.05. The number of hydrogen-bond acceptors (Lipinski definition) is 1. The van der Waals surface area contributed by atoms with E-state index in [9.17, 15) is 0 Å². The summed E-state index contributed by atoms with van der Waals surface area (Å²) in [5, 5.41) is 0. The lowest BCUT2D eigenvalue weighted by Gasteiger charge is -2.15. The Bertz CT molecular complexity index is 1250. The van der Waals surface area contributed by atoms with Crippen LogP contribution in [0.3, 0.4) is 0 Å². The van der Waals surface area contributed by atoms with Gasteiger partial charge in [-0.2, -0.15) is 0 Å². The Kier molecular flexibility index (Phi) is 4.81. The van der Waals surface area contributed by atoms with Crippen LogP contribution in [0.1, 0.15) is 46.5 Å². The van der Waals surface area contributed by atoms with Crippen LogP contribution in [0.5, 0.6) is 0 Å². The van der Waals surface area contributed by atoms with Gasteiger partial charge >= 0.3 is 0 Å². The van der Waals surface area contributed by atoms with Gasteiger partial charge in [-0.15, -0.1) is 0 Å². The second-order valence-corrected chi connectivity index (χ2v) is 8.67. The quantitative estimate of drug-likeness (QED) is 0.336. The Labute approximate surface area is 189 Å². The van der Waals surface area contributed by atoms with Crippen molar-refractivity contribution in [1.29, 1.82) is 0 Å². The van der Waals surface area contributed by atoms with Gasteiger partial charge in [0, 0.05) is 0 Å². The average Bonchev–Trinajstić information content (AvgIpc) is 3.44. The smallest absolute Gasteiger partial charge is 0.0707 e. The predicted molar refractivity (Wildman–Crippen MR) is 135 cm³/mol. The number of aromatic nitrogens is 1. The summed E-state index contributed by atoms with van der Waals surface area (Å²) in [6, 6.07) is 32.2. The molecule has 2 aliphatic rings. The van der Waals surface area contributed by atoms with Crippen LogP contribution in [0.25, 0.3) is 34.4 Å². The molecular formula is C31H25N.